The van der Waals surface area contributed by atoms with Gasteiger partial charge in [0.2, 0.25) is 0 Å². The maximum atomic E-state index is 12.9. The van der Waals surface area contributed by atoms with Crippen LogP contribution in [0.5, 0.6) is 11.5 Å². The Hall–Kier alpha value is -3.59. The summed E-state index contributed by atoms with van der Waals surface area (Å²) in [5, 5.41) is 6.97. The zero-order valence-electron chi connectivity index (χ0n) is 18.1. The Balaban J connectivity index is 1.48. The van der Waals surface area contributed by atoms with Crippen LogP contribution in [0.4, 0.5) is 5.13 Å². The highest BCUT2D eigenvalue weighted by Gasteiger charge is 2.26. The Bertz CT molecular complexity index is 1350. The smallest absolute Gasteiger partial charge is 0.363 e. The number of para-hydroxylation sites is 1. The summed E-state index contributed by atoms with van der Waals surface area (Å²) in [6, 6.07) is 9.19. The van der Waals surface area contributed by atoms with Crippen molar-refractivity contribution < 1.29 is 23.5 Å². The van der Waals surface area contributed by atoms with Gasteiger partial charge in [0.1, 0.15) is 11.2 Å². The molecule has 2 heterocycles. The number of amides is 1. The van der Waals surface area contributed by atoms with Gasteiger partial charge in [0, 0.05) is 28.3 Å². The van der Waals surface area contributed by atoms with Crippen molar-refractivity contribution in [2.24, 2.45) is 5.73 Å². The predicted molar refractivity (Wildman–Crippen MR) is 126 cm³/mol. The molecule has 170 valence electrons. The number of anilines is 1. The van der Waals surface area contributed by atoms with Gasteiger partial charge in [-0.15, -0.1) is 11.3 Å². The van der Waals surface area contributed by atoms with E-state index in [4.69, 9.17) is 19.6 Å². The fourth-order valence-corrected chi connectivity index (χ4v) is 5.12. The van der Waals surface area contributed by atoms with Gasteiger partial charge in [-0.25, -0.2) is 9.78 Å². The molecule has 1 amide bonds. The number of primary amides is 1. The molecule has 0 spiro atoms. The first-order chi connectivity index (χ1) is 16.0. The first-order valence-corrected chi connectivity index (χ1v) is 11.7. The molecule has 8 nitrogen and oxygen atoms in total. The standard InChI is InChI=1S/C24H23N3O5S/c1-30-21-18(11-17-19(20(21)22(25)28)14-9-5-6-10-16(14)31-17)32-23(29)15-12-33-24(27-15)26-13-7-3-2-4-8-13/h5-6,9-13H,2-4,7-8H2,1H3,(H2,25,28)(H,26,27). The van der Waals surface area contributed by atoms with Crippen molar-refractivity contribution >= 4 is 50.3 Å². The molecule has 2 aromatic carbocycles. The number of rotatable bonds is 6. The topological polar surface area (TPSA) is 117 Å². The predicted octanol–water partition coefficient (Wildman–Crippen LogP) is 5.11. The van der Waals surface area contributed by atoms with Gasteiger partial charge in [0.15, 0.2) is 22.3 Å². The summed E-state index contributed by atoms with van der Waals surface area (Å²) in [7, 11) is 1.39. The highest BCUT2D eigenvalue weighted by atomic mass is 32.1. The zero-order valence-corrected chi connectivity index (χ0v) is 18.9. The van der Waals surface area contributed by atoms with Crippen molar-refractivity contribution in [3.05, 3.63) is 47.0 Å². The Kier molecular flexibility index (Phi) is 5.63. The highest BCUT2D eigenvalue weighted by molar-refractivity contribution is 7.13. The van der Waals surface area contributed by atoms with Gasteiger partial charge in [-0.05, 0) is 18.9 Å². The first-order valence-electron chi connectivity index (χ1n) is 10.8. The lowest BCUT2D eigenvalue weighted by molar-refractivity contribution is 0.0723. The number of furan rings is 1. The minimum atomic E-state index is -0.714. The van der Waals surface area contributed by atoms with E-state index < -0.39 is 11.9 Å². The summed E-state index contributed by atoms with van der Waals surface area (Å²) >= 11 is 1.36. The van der Waals surface area contributed by atoms with Crippen molar-refractivity contribution in [3.63, 3.8) is 0 Å². The van der Waals surface area contributed by atoms with Crippen molar-refractivity contribution in [2.75, 3.05) is 12.4 Å². The van der Waals surface area contributed by atoms with Gasteiger partial charge >= 0.3 is 5.97 Å². The summed E-state index contributed by atoms with van der Waals surface area (Å²) in [4.78, 5) is 29.6. The van der Waals surface area contributed by atoms with E-state index >= 15 is 0 Å². The number of ether oxygens (including phenoxy) is 2. The molecule has 1 aliphatic rings. The van der Waals surface area contributed by atoms with E-state index in [1.807, 2.05) is 18.2 Å². The minimum Gasteiger partial charge on any atom is -0.492 e. The van der Waals surface area contributed by atoms with E-state index in [2.05, 4.69) is 10.3 Å². The number of hydrogen-bond donors (Lipinski definition) is 2. The molecule has 0 unspecified atom stereocenters. The van der Waals surface area contributed by atoms with Gasteiger partial charge in [0.25, 0.3) is 5.91 Å². The highest BCUT2D eigenvalue weighted by Crippen LogP contribution is 2.42. The second-order valence-corrected chi connectivity index (χ2v) is 8.88. The quantitative estimate of drug-likeness (QED) is 0.300. The van der Waals surface area contributed by atoms with Crippen molar-refractivity contribution in [1.29, 1.82) is 0 Å². The molecule has 0 radical (unpaired) electrons. The fraction of sp³-hybridized carbons (Fsp3) is 0.292. The molecule has 2 aromatic heterocycles. The summed E-state index contributed by atoms with van der Waals surface area (Å²) in [5.74, 6) is -1.26. The van der Waals surface area contributed by atoms with E-state index in [0.29, 0.717) is 27.7 Å². The number of nitrogens with two attached hydrogens (primary N) is 1. The van der Waals surface area contributed by atoms with Crippen molar-refractivity contribution in [1.82, 2.24) is 4.98 Å². The van der Waals surface area contributed by atoms with Crippen molar-refractivity contribution in [2.45, 2.75) is 38.1 Å². The first kappa shape index (κ1) is 21.3. The minimum absolute atomic E-state index is 0.0395. The number of hydrogen-bond acceptors (Lipinski definition) is 8. The van der Waals surface area contributed by atoms with Crippen LogP contribution in [0, 0.1) is 0 Å². The number of carbonyl (C=O) groups excluding carboxylic acids is 2. The third-order valence-electron chi connectivity index (χ3n) is 5.89. The van der Waals surface area contributed by atoms with Crippen LogP contribution >= 0.6 is 11.3 Å². The van der Waals surface area contributed by atoms with E-state index in [9.17, 15) is 9.59 Å². The molecule has 5 rings (SSSR count). The van der Waals surface area contributed by atoms with E-state index in [1.165, 1.54) is 43.8 Å². The fourth-order valence-electron chi connectivity index (χ4n) is 4.37. The summed E-state index contributed by atoms with van der Waals surface area (Å²) in [6.45, 7) is 0. The molecule has 0 saturated heterocycles. The van der Waals surface area contributed by atoms with Gasteiger partial charge in [0.05, 0.1) is 12.7 Å². The van der Waals surface area contributed by atoms with Crippen LogP contribution in [-0.4, -0.2) is 30.0 Å². The van der Waals surface area contributed by atoms with Crippen LogP contribution < -0.4 is 20.5 Å². The molecule has 33 heavy (non-hydrogen) atoms. The molecule has 0 atom stereocenters. The van der Waals surface area contributed by atoms with Crippen LogP contribution in [0.1, 0.15) is 53.0 Å². The Morgan fingerprint density at radius 1 is 1.18 bits per heavy atom. The number of carbonyl (C=O) groups is 2. The largest absolute Gasteiger partial charge is 0.492 e. The van der Waals surface area contributed by atoms with E-state index in [1.54, 1.807) is 11.4 Å². The van der Waals surface area contributed by atoms with Crippen LogP contribution in [0.25, 0.3) is 21.9 Å². The number of nitrogens with one attached hydrogen (secondary N) is 1. The molecule has 1 aliphatic carbocycles. The summed E-state index contributed by atoms with van der Waals surface area (Å²) in [6.07, 6.45) is 5.86. The second kappa shape index (κ2) is 8.74. The number of esters is 1. The zero-order chi connectivity index (χ0) is 22.9. The van der Waals surface area contributed by atoms with Crippen molar-refractivity contribution in [3.8, 4) is 11.5 Å². The third kappa shape index (κ3) is 4.00. The molecule has 1 fully saturated rings. The third-order valence-corrected chi connectivity index (χ3v) is 6.66. The summed E-state index contributed by atoms with van der Waals surface area (Å²) < 4.78 is 16.9. The monoisotopic (exact) mass is 465 g/mol. The molecule has 1 saturated carbocycles. The number of thiazole rings is 1. The molecule has 0 aliphatic heterocycles. The number of fused-ring (bicyclic) bond motifs is 3. The van der Waals surface area contributed by atoms with Crippen LogP contribution in [0.15, 0.2) is 40.1 Å². The second-order valence-electron chi connectivity index (χ2n) is 8.03. The Labute approximate surface area is 193 Å². The normalized spacial score (nSPS) is 14.5. The molecular formula is C24H23N3O5S. The van der Waals surface area contributed by atoms with Crippen LogP contribution in [0.2, 0.25) is 0 Å². The number of nitrogens with zero attached hydrogens (tertiary/aromatic N) is 1. The van der Waals surface area contributed by atoms with E-state index in [-0.39, 0.29) is 22.8 Å². The SMILES string of the molecule is COc1c(OC(=O)c2csc(NC3CCCCC3)n2)cc2oc3ccccc3c2c1C(N)=O. The van der Waals surface area contributed by atoms with E-state index in [0.717, 1.165) is 18.2 Å². The van der Waals surface area contributed by atoms with Crippen LogP contribution in [-0.2, 0) is 0 Å². The maximum absolute atomic E-state index is 12.9. The number of aromatic nitrogens is 1. The molecule has 4 aromatic rings. The maximum Gasteiger partial charge on any atom is 0.363 e. The molecule has 9 heteroatoms. The molecule has 0 bridgehead atoms. The lowest BCUT2D eigenvalue weighted by Gasteiger charge is -2.22. The van der Waals surface area contributed by atoms with Crippen LogP contribution in [0.3, 0.4) is 0 Å². The Morgan fingerprint density at radius 3 is 2.73 bits per heavy atom. The number of methoxy groups -OCH3 is 1. The Morgan fingerprint density at radius 2 is 1.97 bits per heavy atom. The van der Waals surface area contributed by atoms with Gasteiger partial charge < -0.3 is 24.9 Å². The lowest BCUT2D eigenvalue weighted by Crippen LogP contribution is -2.22. The lowest BCUT2D eigenvalue weighted by atomic mass is 9.96. The molecular weight excluding hydrogens is 442 g/mol. The number of benzene rings is 2. The summed E-state index contributed by atoms with van der Waals surface area (Å²) in [5.41, 5.74) is 6.91. The average Bonchev–Trinajstić information content (AvgIpc) is 3.43. The van der Waals surface area contributed by atoms with Gasteiger partial charge in [-0.2, -0.15) is 0 Å². The average molecular weight is 466 g/mol. The van der Waals surface area contributed by atoms with Gasteiger partial charge in [-0.3, -0.25) is 4.79 Å². The molecule has 3 N–H and O–H groups in total. The van der Waals surface area contributed by atoms with Gasteiger partial charge in [-0.1, -0.05) is 37.5 Å².